The minimum atomic E-state index is -1.11. The molecule has 0 unspecified atom stereocenters. The summed E-state index contributed by atoms with van der Waals surface area (Å²) >= 11 is 3.49. The monoisotopic (exact) mass is 453 g/mol. The van der Waals surface area contributed by atoms with Crippen molar-refractivity contribution in [2.75, 3.05) is 0 Å². The smallest absolute Gasteiger partial charge is 0.354 e. The summed E-state index contributed by atoms with van der Waals surface area (Å²) in [4.78, 5) is 16.7. The van der Waals surface area contributed by atoms with Gasteiger partial charge in [0.25, 0.3) is 0 Å². The summed E-state index contributed by atoms with van der Waals surface area (Å²) in [6.45, 7) is 0.668. The highest BCUT2D eigenvalue weighted by Crippen LogP contribution is 2.27. The Balaban J connectivity index is 1.61. The first kappa shape index (κ1) is 20.6. The van der Waals surface area contributed by atoms with E-state index in [0.717, 1.165) is 21.2 Å². The SMILES string of the molecule is O=C(O)/C(Cc1ccc(OCc2ccccc2)c(Br)c1)=N/OCc1ccccc1. The van der Waals surface area contributed by atoms with Gasteiger partial charge in [-0.15, -0.1) is 0 Å². The fourth-order valence-corrected chi connectivity index (χ4v) is 3.15. The number of nitrogens with zero attached hydrogens (tertiary/aromatic N) is 1. The maximum Gasteiger partial charge on any atom is 0.354 e. The fourth-order valence-electron chi connectivity index (χ4n) is 2.61. The molecule has 0 radical (unpaired) electrons. The van der Waals surface area contributed by atoms with Crippen molar-refractivity contribution in [3.8, 4) is 5.75 Å². The number of carbonyl (C=O) groups is 1. The molecule has 3 aromatic carbocycles. The summed E-state index contributed by atoms with van der Waals surface area (Å²) < 4.78 is 6.58. The number of ether oxygens (including phenoxy) is 1. The maximum atomic E-state index is 11.5. The Morgan fingerprint density at radius 1 is 0.862 bits per heavy atom. The molecule has 0 saturated heterocycles. The third kappa shape index (κ3) is 6.47. The van der Waals surface area contributed by atoms with Crippen molar-refractivity contribution >= 4 is 27.6 Å². The van der Waals surface area contributed by atoms with Crippen molar-refractivity contribution < 1.29 is 19.5 Å². The lowest BCUT2D eigenvalue weighted by atomic mass is 10.1. The van der Waals surface area contributed by atoms with E-state index in [1.807, 2.05) is 78.9 Å². The lowest BCUT2D eigenvalue weighted by Crippen LogP contribution is -2.16. The van der Waals surface area contributed by atoms with E-state index in [4.69, 9.17) is 9.57 Å². The highest BCUT2D eigenvalue weighted by atomic mass is 79.9. The van der Waals surface area contributed by atoms with Crippen molar-refractivity contribution in [3.63, 3.8) is 0 Å². The third-order valence-electron chi connectivity index (χ3n) is 4.10. The minimum absolute atomic E-state index is 0.0641. The van der Waals surface area contributed by atoms with E-state index in [1.54, 1.807) is 0 Å². The molecule has 1 N–H and O–H groups in total. The van der Waals surface area contributed by atoms with Crippen LogP contribution in [-0.4, -0.2) is 16.8 Å². The number of hydrogen-bond donors (Lipinski definition) is 1. The van der Waals surface area contributed by atoms with E-state index in [0.29, 0.717) is 12.4 Å². The molecule has 0 aliphatic rings. The number of hydrogen-bond acceptors (Lipinski definition) is 4. The third-order valence-corrected chi connectivity index (χ3v) is 4.72. The van der Waals surface area contributed by atoms with Crippen LogP contribution in [0.1, 0.15) is 16.7 Å². The zero-order valence-electron chi connectivity index (χ0n) is 15.6. The maximum absolute atomic E-state index is 11.5. The van der Waals surface area contributed by atoms with Gasteiger partial charge >= 0.3 is 5.97 Å². The average molecular weight is 454 g/mol. The zero-order valence-corrected chi connectivity index (χ0v) is 17.2. The number of benzene rings is 3. The first-order chi connectivity index (χ1) is 14.1. The van der Waals surface area contributed by atoms with Crippen LogP contribution in [-0.2, 0) is 29.3 Å². The first-order valence-corrected chi connectivity index (χ1v) is 9.82. The van der Waals surface area contributed by atoms with E-state index < -0.39 is 5.97 Å². The summed E-state index contributed by atoms with van der Waals surface area (Å²) in [6.07, 6.45) is 0.141. The minimum Gasteiger partial charge on any atom is -0.488 e. The second-order valence-electron chi connectivity index (χ2n) is 6.32. The molecule has 0 atom stereocenters. The van der Waals surface area contributed by atoms with Crippen molar-refractivity contribution in [1.29, 1.82) is 0 Å². The van der Waals surface area contributed by atoms with Gasteiger partial charge in [-0.25, -0.2) is 4.79 Å². The molecule has 0 fully saturated rings. The van der Waals surface area contributed by atoms with Crippen LogP contribution in [0.2, 0.25) is 0 Å². The molecule has 29 heavy (non-hydrogen) atoms. The number of carboxylic acids is 1. The van der Waals surface area contributed by atoms with Gasteiger partial charge in [0.05, 0.1) is 4.47 Å². The lowest BCUT2D eigenvalue weighted by molar-refractivity contribution is -0.129. The first-order valence-electron chi connectivity index (χ1n) is 9.03. The van der Waals surface area contributed by atoms with Crippen molar-refractivity contribution in [2.24, 2.45) is 5.16 Å². The second-order valence-corrected chi connectivity index (χ2v) is 7.17. The number of carboxylic acid groups (broad SMARTS) is 1. The summed E-state index contributed by atoms with van der Waals surface area (Å²) in [6, 6.07) is 24.8. The van der Waals surface area contributed by atoms with Gasteiger partial charge in [-0.1, -0.05) is 71.9 Å². The largest absolute Gasteiger partial charge is 0.488 e. The number of oxime groups is 1. The number of aliphatic carboxylic acids is 1. The van der Waals surface area contributed by atoms with Crippen molar-refractivity contribution in [1.82, 2.24) is 0 Å². The van der Waals surface area contributed by atoms with Crippen LogP contribution in [0.25, 0.3) is 0 Å². The van der Waals surface area contributed by atoms with Gasteiger partial charge in [0.15, 0.2) is 5.71 Å². The Labute approximate surface area is 177 Å². The molecule has 148 valence electrons. The van der Waals surface area contributed by atoms with Gasteiger partial charge in [-0.2, -0.15) is 0 Å². The van der Waals surface area contributed by atoms with Gasteiger partial charge < -0.3 is 14.7 Å². The molecule has 0 saturated carbocycles. The zero-order chi connectivity index (χ0) is 20.5. The van der Waals surface area contributed by atoms with Gasteiger partial charge in [-0.3, -0.25) is 0 Å². The van der Waals surface area contributed by atoms with E-state index >= 15 is 0 Å². The Bertz CT molecular complexity index is 975. The quantitative estimate of drug-likeness (QED) is 0.355. The van der Waals surface area contributed by atoms with E-state index in [1.165, 1.54) is 0 Å². The van der Waals surface area contributed by atoms with E-state index in [2.05, 4.69) is 21.1 Å². The standard InChI is InChI=1S/C23H20BrNO4/c24-20-13-19(11-12-22(20)28-15-17-7-3-1-4-8-17)14-21(23(26)27)25-29-16-18-9-5-2-6-10-18/h1-13H,14-16H2,(H,26,27)/b25-21+. The van der Waals surface area contributed by atoms with Crippen LogP contribution < -0.4 is 4.74 Å². The van der Waals surface area contributed by atoms with Gasteiger partial charge in [-0.05, 0) is 44.8 Å². The number of halogens is 1. The highest BCUT2D eigenvalue weighted by Gasteiger charge is 2.13. The molecule has 3 aromatic rings. The summed E-state index contributed by atoms with van der Waals surface area (Å²) in [7, 11) is 0. The Morgan fingerprint density at radius 3 is 2.07 bits per heavy atom. The van der Waals surface area contributed by atoms with Gasteiger partial charge in [0.1, 0.15) is 19.0 Å². The van der Waals surface area contributed by atoms with Crippen molar-refractivity contribution in [2.45, 2.75) is 19.6 Å². The summed E-state index contributed by atoms with van der Waals surface area (Å²) in [5, 5.41) is 13.2. The molecule has 0 aromatic heterocycles. The van der Waals surface area contributed by atoms with Crippen LogP contribution in [0.15, 0.2) is 88.5 Å². The molecule has 5 nitrogen and oxygen atoms in total. The van der Waals surface area contributed by atoms with Gasteiger partial charge in [0.2, 0.25) is 0 Å². The predicted octanol–water partition coefficient (Wildman–Crippen LogP) is 5.23. The molecule has 0 aliphatic heterocycles. The summed E-state index contributed by atoms with van der Waals surface area (Å²) in [5.74, 6) is -0.426. The predicted molar refractivity (Wildman–Crippen MR) is 115 cm³/mol. The average Bonchev–Trinajstić information content (AvgIpc) is 2.74. The molecule has 0 spiro atoms. The van der Waals surface area contributed by atoms with E-state index in [-0.39, 0.29) is 18.7 Å². The molecular weight excluding hydrogens is 434 g/mol. The van der Waals surface area contributed by atoms with Crippen LogP contribution in [0, 0.1) is 0 Å². The molecule has 0 heterocycles. The Morgan fingerprint density at radius 2 is 1.48 bits per heavy atom. The fraction of sp³-hybridized carbons (Fsp3) is 0.130. The molecule has 0 aliphatic carbocycles. The normalized spacial score (nSPS) is 11.1. The molecule has 0 amide bonds. The highest BCUT2D eigenvalue weighted by molar-refractivity contribution is 9.10. The Hall–Kier alpha value is -3.12. The van der Waals surface area contributed by atoms with E-state index in [9.17, 15) is 9.90 Å². The number of rotatable bonds is 9. The Kier molecular flexibility index (Phi) is 7.41. The van der Waals surface area contributed by atoms with Crippen LogP contribution in [0.5, 0.6) is 5.75 Å². The van der Waals surface area contributed by atoms with Gasteiger partial charge in [0, 0.05) is 6.42 Å². The van der Waals surface area contributed by atoms with Crippen LogP contribution >= 0.6 is 15.9 Å². The lowest BCUT2D eigenvalue weighted by Gasteiger charge is -2.10. The van der Waals surface area contributed by atoms with Crippen LogP contribution in [0.3, 0.4) is 0 Å². The molecule has 3 rings (SSSR count). The second kappa shape index (κ2) is 10.4. The van der Waals surface area contributed by atoms with Crippen LogP contribution in [0.4, 0.5) is 0 Å². The van der Waals surface area contributed by atoms with Crippen molar-refractivity contribution in [3.05, 3.63) is 100 Å². The summed E-state index contributed by atoms with van der Waals surface area (Å²) in [5.41, 5.74) is 2.71. The molecular formula is C23H20BrNO4. The topological polar surface area (TPSA) is 68.1 Å². The molecule has 0 bridgehead atoms. The molecule has 6 heteroatoms.